The number of rotatable bonds is 4. The van der Waals surface area contributed by atoms with Gasteiger partial charge in [-0.2, -0.15) is 0 Å². The van der Waals surface area contributed by atoms with Crippen LogP contribution in [0.25, 0.3) is 0 Å². The Bertz CT molecular complexity index is 244. The van der Waals surface area contributed by atoms with Crippen molar-refractivity contribution in [2.45, 2.75) is 26.7 Å². The molecule has 0 aromatic carbocycles. The van der Waals surface area contributed by atoms with Crippen LogP contribution in [0.3, 0.4) is 0 Å². The summed E-state index contributed by atoms with van der Waals surface area (Å²) >= 11 is 0. The molecule has 4 nitrogen and oxygen atoms in total. The molecule has 0 N–H and O–H groups in total. The third-order valence-corrected chi connectivity index (χ3v) is 4.12. The molecule has 1 atom stereocenters. The number of hydrogen-bond donors (Lipinski definition) is 0. The maximum absolute atomic E-state index is 11.6. The lowest BCUT2D eigenvalue weighted by molar-refractivity contribution is -0.0286. The molecule has 5 heteroatoms. The molecular formula is C8H17NO3S. The van der Waals surface area contributed by atoms with Crippen molar-refractivity contribution in [1.29, 1.82) is 0 Å². The van der Waals surface area contributed by atoms with Crippen LogP contribution in [-0.2, 0) is 14.9 Å². The largest absolute Gasteiger partial charge is 0.284 e. The van der Waals surface area contributed by atoms with Crippen LogP contribution in [0.4, 0.5) is 0 Å². The molecule has 1 aliphatic rings. The summed E-state index contributed by atoms with van der Waals surface area (Å²) in [6.07, 6.45) is 1.69. The van der Waals surface area contributed by atoms with Crippen LogP contribution < -0.4 is 0 Å². The molecule has 0 amide bonds. The van der Waals surface area contributed by atoms with Gasteiger partial charge in [-0.25, -0.2) is 8.42 Å². The van der Waals surface area contributed by atoms with Gasteiger partial charge in [0.05, 0.1) is 12.4 Å². The molecule has 1 heterocycles. The van der Waals surface area contributed by atoms with E-state index in [-0.39, 0.29) is 11.7 Å². The van der Waals surface area contributed by atoms with E-state index in [1.54, 1.807) is 0 Å². The van der Waals surface area contributed by atoms with E-state index in [1.165, 1.54) is 0 Å². The lowest BCUT2D eigenvalue weighted by Gasteiger charge is -2.16. The van der Waals surface area contributed by atoms with E-state index in [0.29, 0.717) is 13.2 Å². The van der Waals surface area contributed by atoms with E-state index in [2.05, 4.69) is 0 Å². The molecule has 0 saturated carbocycles. The minimum Gasteiger partial charge on any atom is -0.284 e. The highest BCUT2D eigenvalue weighted by molar-refractivity contribution is 7.88. The van der Waals surface area contributed by atoms with Crippen molar-refractivity contribution < 1.29 is 13.3 Å². The van der Waals surface area contributed by atoms with Crippen LogP contribution in [0.2, 0.25) is 0 Å². The van der Waals surface area contributed by atoms with E-state index in [9.17, 15) is 8.42 Å². The number of nitrogens with zero attached hydrogens (tertiary/aromatic N) is 1. The molecule has 78 valence electrons. The molecule has 13 heavy (non-hydrogen) atoms. The van der Waals surface area contributed by atoms with Crippen molar-refractivity contribution in [3.63, 3.8) is 0 Å². The number of sulfonamides is 1. The molecule has 0 spiro atoms. The predicted octanol–water partition coefficient (Wildman–Crippen LogP) is 1.000. The summed E-state index contributed by atoms with van der Waals surface area (Å²) in [5.74, 6) is 0.401. The van der Waals surface area contributed by atoms with Crippen molar-refractivity contribution in [3.05, 3.63) is 0 Å². The summed E-state index contributed by atoms with van der Waals surface area (Å²) in [6, 6.07) is 0. The van der Waals surface area contributed by atoms with Gasteiger partial charge in [-0.15, -0.1) is 0 Å². The van der Waals surface area contributed by atoms with E-state index in [1.807, 2.05) is 13.8 Å². The second-order valence-corrected chi connectivity index (χ2v) is 5.41. The first kappa shape index (κ1) is 10.9. The SMILES string of the molecule is CC[C@H](C)CS(=O)(=O)N1CCCO1. The predicted molar refractivity (Wildman–Crippen MR) is 50.5 cm³/mol. The third-order valence-electron chi connectivity index (χ3n) is 2.22. The van der Waals surface area contributed by atoms with Crippen LogP contribution >= 0.6 is 0 Å². The number of hydrogen-bond acceptors (Lipinski definition) is 3. The van der Waals surface area contributed by atoms with Gasteiger partial charge < -0.3 is 0 Å². The van der Waals surface area contributed by atoms with Gasteiger partial charge in [0, 0.05) is 6.54 Å². The first-order valence-electron chi connectivity index (χ1n) is 4.69. The standard InChI is InChI=1S/C8H17NO3S/c1-3-8(2)7-13(10,11)9-5-4-6-12-9/h8H,3-7H2,1-2H3/t8-/m0/s1. The van der Waals surface area contributed by atoms with Gasteiger partial charge in [0.1, 0.15) is 0 Å². The van der Waals surface area contributed by atoms with Crippen LogP contribution in [0.5, 0.6) is 0 Å². The van der Waals surface area contributed by atoms with E-state index in [0.717, 1.165) is 17.3 Å². The first-order valence-corrected chi connectivity index (χ1v) is 6.30. The Morgan fingerprint density at radius 2 is 2.23 bits per heavy atom. The van der Waals surface area contributed by atoms with E-state index >= 15 is 0 Å². The maximum atomic E-state index is 11.6. The zero-order valence-corrected chi connectivity index (χ0v) is 9.01. The molecular weight excluding hydrogens is 190 g/mol. The Hall–Kier alpha value is -0.130. The average molecular weight is 207 g/mol. The van der Waals surface area contributed by atoms with Crippen LogP contribution in [0.15, 0.2) is 0 Å². The van der Waals surface area contributed by atoms with Crippen LogP contribution in [0, 0.1) is 5.92 Å². The first-order chi connectivity index (χ1) is 6.06. The second kappa shape index (κ2) is 4.39. The molecule has 1 saturated heterocycles. The molecule has 0 radical (unpaired) electrons. The highest BCUT2D eigenvalue weighted by Crippen LogP contribution is 2.14. The summed E-state index contributed by atoms with van der Waals surface area (Å²) in [5.41, 5.74) is 0. The zero-order valence-electron chi connectivity index (χ0n) is 8.19. The topological polar surface area (TPSA) is 46.6 Å². The van der Waals surface area contributed by atoms with Gasteiger partial charge in [-0.1, -0.05) is 24.7 Å². The Morgan fingerprint density at radius 1 is 1.54 bits per heavy atom. The molecule has 0 unspecified atom stereocenters. The Morgan fingerprint density at radius 3 is 2.69 bits per heavy atom. The lowest BCUT2D eigenvalue weighted by Crippen LogP contribution is -2.31. The van der Waals surface area contributed by atoms with Gasteiger partial charge in [-0.05, 0) is 12.3 Å². The van der Waals surface area contributed by atoms with Crippen molar-refractivity contribution in [2.24, 2.45) is 5.92 Å². The molecule has 0 aliphatic carbocycles. The maximum Gasteiger partial charge on any atom is 0.236 e. The molecule has 0 aromatic heterocycles. The second-order valence-electron chi connectivity index (χ2n) is 3.51. The third kappa shape index (κ3) is 2.93. The van der Waals surface area contributed by atoms with Crippen molar-refractivity contribution in [1.82, 2.24) is 4.47 Å². The fourth-order valence-corrected chi connectivity index (χ4v) is 2.97. The average Bonchev–Trinajstić information content (AvgIpc) is 2.55. The fraction of sp³-hybridized carbons (Fsp3) is 1.00. The Labute approximate surface area is 79.9 Å². The lowest BCUT2D eigenvalue weighted by atomic mass is 10.2. The van der Waals surface area contributed by atoms with Crippen LogP contribution in [0.1, 0.15) is 26.7 Å². The molecule has 1 aliphatic heterocycles. The monoisotopic (exact) mass is 207 g/mol. The van der Waals surface area contributed by atoms with Gasteiger partial charge in [0.2, 0.25) is 10.0 Å². The van der Waals surface area contributed by atoms with Gasteiger partial charge in [0.25, 0.3) is 0 Å². The van der Waals surface area contributed by atoms with Crippen molar-refractivity contribution in [3.8, 4) is 0 Å². The molecule has 0 bridgehead atoms. The highest BCUT2D eigenvalue weighted by Gasteiger charge is 2.27. The summed E-state index contributed by atoms with van der Waals surface area (Å²) < 4.78 is 24.3. The minimum atomic E-state index is -3.16. The Balaban J connectivity index is 2.54. The molecule has 1 fully saturated rings. The fourth-order valence-electron chi connectivity index (χ4n) is 1.20. The molecule has 0 aromatic rings. The van der Waals surface area contributed by atoms with Gasteiger partial charge in [0.15, 0.2) is 0 Å². The Kier molecular flexibility index (Phi) is 3.70. The van der Waals surface area contributed by atoms with E-state index < -0.39 is 10.0 Å². The van der Waals surface area contributed by atoms with Gasteiger partial charge >= 0.3 is 0 Å². The van der Waals surface area contributed by atoms with Gasteiger partial charge in [-0.3, -0.25) is 4.84 Å². The summed E-state index contributed by atoms with van der Waals surface area (Å²) in [4.78, 5) is 5.01. The summed E-state index contributed by atoms with van der Waals surface area (Å²) in [7, 11) is -3.16. The normalized spacial score (nSPS) is 22.0. The highest BCUT2D eigenvalue weighted by atomic mass is 32.2. The summed E-state index contributed by atoms with van der Waals surface area (Å²) in [6.45, 7) is 4.97. The van der Waals surface area contributed by atoms with Crippen molar-refractivity contribution >= 4 is 10.0 Å². The van der Waals surface area contributed by atoms with Crippen molar-refractivity contribution in [2.75, 3.05) is 18.9 Å². The smallest absolute Gasteiger partial charge is 0.236 e. The minimum absolute atomic E-state index is 0.198. The number of hydroxylamine groups is 1. The summed E-state index contributed by atoms with van der Waals surface area (Å²) in [5, 5.41) is 0. The van der Waals surface area contributed by atoms with Crippen LogP contribution in [-0.4, -0.2) is 31.8 Å². The van der Waals surface area contributed by atoms with E-state index in [4.69, 9.17) is 4.84 Å². The molecule has 1 rings (SSSR count). The quantitative estimate of drug-likeness (QED) is 0.691. The zero-order chi connectivity index (χ0) is 9.90.